The van der Waals surface area contributed by atoms with E-state index in [1.165, 1.54) is 22.8 Å². The number of pyridine rings is 2. The molecule has 5 nitrogen and oxygen atoms in total. The summed E-state index contributed by atoms with van der Waals surface area (Å²) < 4.78 is 8.34. The van der Waals surface area contributed by atoms with Crippen molar-refractivity contribution in [2.75, 3.05) is 6.54 Å². The molecule has 3 aromatic rings. The van der Waals surface area contributed by atoms with Crippen LogP contribution in [0.5, 0.6) is 5.75 Å². The summed E-state index contributed by atoms with van der Waals surface area (Å²) in [5.74, 6) is 0.561. The molecule has 6 heteroatoms. The van der Waals surface area contributed by atoms with Crippen LogP contribution in [0.1, 0.15) is 22.4 Å². The van der Waals surface area contributed by atoms with Gasteiger partial charge in [-0.15, -0.1) is 0 Å². The molecular formula is C22H22BrN3O2. The first-order chi connectivity index (χ1) is 13.7. The Morgan fingerprint density at radius 3 is 2.89 bits per heavy atom. The number of fused-ring (bicyclic) bond motifs is 1. The average Bonchev–Trinajstić information content (AvgIpc) is 2.72. The lowest BCUT2D eigenvalue weighted by molar-refractivity contribution is 0.300. The third-order valence-electron chi connectivity index (χ3n) is 4.94. The van der Waals surface area contributed by atoms with Crippen molar-refractivity contribution in [2.45, 2.75) is 32.5 Å². The molecule has 0 saturated heterocycles. The molecule has 144 valence electrons. The highest BCUT2D eigenvalue weighted by molar-refractivity contribution is 9.10. The molecular weight excluding hydrogens is 418 g/mol. The standard InChI is InChI=1S/C22H22BrN3O2/c23-19-3-4-20(25-14-19)15-28-21-7-10-26(22(27)12-21)9-6-16-1-2-17-5-8-24-13-18(17)11-16/h1-4,7,10-12,14,24H,5-6,8-9,13,15H2. The number of hydrogen-bond acceptors (Lipinski definition) is 4. The number of nitrogens with one attached hydrogen (secondary N) is 1. The van der Waals surface area contributed by atoms with E-state index in [9.17, 15) is 4.79 Å². The van der Waals surface area contributed by atoms with E-state index in [0.717, 1.165) is 36.1 Å². The highest BCUT2D eigenvalue weighted by Crippen LogP contribution is 2.17. The van der Waals surface area contributed by atoms with Crippen LogP contribution in [0.15, 0.2) is 64.1 Å². The zero-order valence-corrected chi connectivity index (χ0v) is 17.1. The van der Waals surface area contributed by atoms with E-state index >= 15 is 0 Å². The average molecular weight is 440 g/mol. The van der Waals surface area contributed by atoms with Crippen molar-refractivity contribution >= 4 is 15.9 Å². The van der Waals surface area contributed by atoms with Crippen LogP contribution in [0.3, 0.4) is 0 Å². The molecule has 2 aromatic heterocycles. The number of nitrogens with zero attached hydrogens (tertiary/aromatic N) is 2. The Kier molecular flexibility index (Phi) is 5.88. The van der Waals surface area contributed by atoms with Gasteiger partial charge in [-0.3, -0.25) is 9.78 Å². The van der Waals surface area contributed by atoms with Crippen molar-refractivity contribution in [3.8, 4) is 5.75 Å². The molecule has 0 amide bonds. The number of hydrogen-bond donors (Lipinski definition) is 1. The summed E-state index contributed by atoms with van der Waals surface area (Å²) >= 11 is 3.36. The number of aryl methyl sites for hydroxylation is 2. The fraction of sp³-hybridized carbons (Fsp3) is 0.273. The third kappa shape index (κ3) is 4.69. The monoisotopic (exact) mass is 439 g/mol. The molecule has 0 fully saturated rings. The zero-order valence-electron chi connectivity index (χ0n) is 15.5. The Balaban J connectivity index is 1.36. The highest BCUT2D eigenvalue weighted by atomic mass is 79.9. The Labute approximate surface area is 172 Å². The van der Waals surface area contributed by atoms with Crippen molar-refractivity contribution in [3.63, 3.8) is 0 Å². The SMILES string of the molecule is O=c1cc(OCc2ccc(Br)cn2)ccn1CCc1ccc2c(c1)CNCC2. The Hall–Kier alpha value is -2.44. The van der Waals surface area contributed by atoms with Gasteiger partial charge in [0, 0.05) is 36.0 Å². The van der Waals surface area contributed by atoms with Crippen molar-refractivity contribution < 1.29 is 4.74 Å². The second-order valence-electron chi connectivity index (χ2n) is 6.93. The van der Waals surface area contributed by atoms with Gasteiger partial charge in [-0.05, 0) is 70.2 Å². The minimum atomic E-state index is -0.0547. The smallest absolute Gasteiger partial charge is 0.254 e. The first-order valence-corrected chi connectivity index (χ1v) is 10.2. The van der Waals surface area contributed by atoms with Gasteiger partial charge in [-0.1, -0.05) is 18.2 Å². The maximum absolute atomic E-state index is 12.4. The topological polar surface area (TPSA) is 56.1 Å². The van der Waals surface area contributed by atoms with E-state index in [2.05, 4.69) is 44.4 Å². The summed E-state index contributed by atoms with van der Waals surface area (Å²) in [6.45, 7) is 2.97. The summed E-state index contributed by atoms with van der Waals surface area (Å²) in [7, 11) is 0. The Morgan fingerprint density at radius 1 is 1.14 bits per heavy atom. The number of halogens is 1. The maximum atomic E-state index is 12.4. The van der Waals surface area contributed by atoms with Crippen molar-refractivity contribution in [2.24, 2.45) is 0 Å². The van der Waals surface area contributed by atoms with Crippen LogP contribution in [0.25, 0.3) is 0 Å². The van der Waals surface area contributed by atoms with Crippen molar-refractivity contribution in [1.82, 2.24) is 14.9 Å². The Bertz CT molecular complexity index is 1020. The van der Waals surface area contributed by atoms with E-state index in [1.807, 2.05) is 18.2 Å². The Morgan fingerprint density at radius 2 is 2.07 bits per heavy atom. The number of aromatic nitrogens is 2. The van der Waals surface area contributed by atoms with Gasteiger partial charge < -0.3 is 14.6 Å². The predicted octanol–water partition coefficient (Wildman–Crippen LogP) is 3.47. The van der Waals surface area contributed by atoms with E-state index in [1.54, 1.807) is 17.0 Å². The van der Waals surface area contributed by atoms with Crippen LogP contribution in [0, 0.1) is 0 Å². The molecule has 1 N–H and O–H groups in total. The summed E-state index contributed by atoms with van der Waals surface area (Å²) in [4.78, 5) is 16.7. The molecule has 0 radical (unpaired) electrons. The van der Waals surface area contributed by atoms with Crippen molar-refractivity contribution in [1.29, 1.82) is 0 Å². The second-order valence-corrected chi connectivity index (χ2v) is 7.85. The van der Waals surface area contributed by atoms with E-state index in [-0.39, 0.29) is 5.56 Å². The van der Waals surface area contributed by atoms with Gasteiger partial charge in [0.25, 0.3) is 5.56 Å². The van der Waals surface area contributed by atoms with Crippen molar-refractivity contribution in [3.05, 3.63) is 92.1 Å². The maximum Gasteiger partial charge on any atom is 0.254 e. The summed E-state index contributed by atoms with van der Waals surface area (Å²) in [5, 5.41) is 3.41. The molecule has 0 aliphatic carbocycles. The van der Waals surface area contributed by atoms with Gasteiger partial charge in [-0.2, -0.15) is 0 Å². The molecule has 0 saturated carbocycles. The van der Waals surface area contributed by atoms with Crippen LogP contribution >= 0.6 is 15.9 Å². The van der Waals surface area contributed by atoms with Crippen LogP contribution in [0.4, 0.5) is 0 Å². The van der Waals surface area contributed by atoms with Crippen LogP contribution in [-0.2, 0) is 32.5 Å². The molecule has 0 unspecified atom stereocenters. The first kappa shape index (κ1) is 18.9. The summed E-state index contributed by atoms with van der Waals surface area (Å²) in [6.07, 6.45) is 5.45. The second kappa shape index (κ2) is 8.71. The lowest BCUT2D eigenvalue weighted by atomic mass is 9.97. The lowest BCUT2D eigenvalue weighted by Crippen LogP contribution is -2.24. The largest absolute Gasteiger partial charge is 0.487 e. The number of benzene rings is 1. The molecule has 1 aromatic carbocycles. The third-order valence-corrected chi connectivity index (χ3v) is 5.41. The van der Waals surface area contributed by atoms with Gasteiger partial charge in [0.15, 0.2) is 0 Å². The van der Waals surface area contributed by atoms with E-state index < -0.39 is 0 Å². The predicted molar refractivity (Wildman–Crippen MR) is 113 cm³/mol. The summed E-state index contributed by atoms with van der Waals surface area (Å²) in [5.41, 5.74) is 4.83. The molecule has 3 heterocycles. The van der Waals surface area contributed by atoms with Gasteiger partial charge in [0.2, 0.25) is 0 Å². The lowest BCUT2D eigenvalue weighted by Gasteiger charge is -2.18. The molecule has 1 aliphatic rings. The van der Waals surface area contributed by atoms with E-state index in [0.29, 0.717) is 18.9 Å². The van der Waals surface area contributed by atoms with Gasteiger partial charge in [-0.25, -0.2) is 0 Å². The van der Waals surface area contributed by atoms with Crippen LogP contribution in [-0.4, -0.2) is 16.1 Å². The summed E-state index contributed by atoms with van der Waals surface area (Å²) in [6, 6.07) is 13.8. The fourth-order valence-corrected chi connectivity index (χ4v) is 3.59. The first-order valence-electron chi connectivity index (χ1n) is 9.42. The van der Waals surface area contributed by atoms with Gasteiger partial charge in [0.05, 0.1) is 5.69 Å². The fourth-order valence-electron chi connectivity index (χ4n) is 3.35. The van der Waals surface area contributed by atoms with Crippen LogP contribution in [0.2, 0.25) is 0 Å². The van der Waals surface area contributed by atoms with Crippen LogP contribution < -0.4 is 15.6 Å². The highest BCUT2D eigenvalue weighted by Gasteiger charge is 2.09. The van der Waals surface area contributed by atoms with Gasteiger partial charge >= 0.3 is 0 Å². The molecule has 1 aliphatic heterocycles. The number of ether oxygens (including phenoxy) is 1. The minimum absolute atomic E-state index is 0.0547. The molecule has 28 heavy (non-hydrogen) atoms. The zero-order chi connectivity index (χ0) is 19.3. The minimum Gasteiger partial charge on any atom is -0.487 e. The van der Waals surface area contributed by atoms with Gasteiger partial charge in [0.1, 0.15) is 12.4 Å². The quantitative estimate of drug-likeness (QED) is 0.638. The number of rotatable bonds is 6. The van der Waals surface area contributed by atoms with E-state index in [4.69, 9.17) is 4.74 Å². The molecule has 4 rings (SSSR count). The normalized spacial score (nSPS) is 13.2. The molecule has 0 bridgehead atoms. The molecule has 0 atom stereocenters. The molecule has 0 spiro atoms.